The molecule has 0 spiro atoms. The smallest absolute Gasteiger partial charge is 0.326 e. The third kappa shape index (κ3) is 4.02. The summed E-state index contributed by atoms with van der Waals surface area (Å²) in [6.07, 6.45) is 0. The number of methoxy groups -OCH3 is 2. The van der Waals surface area contributed by atoms with Crippen LogP contribution in [0.2, 0.25) is 0 Å². The van der Waals surface area contributed by atoms with Gasteiger partial charge in [0.2, 0.25) is 0 Å². The topological polar surface area (TPSA) is 62.6 Å². The molecule has 30 heavy (non-hydrogen) atoms. The predicted octanol–water partition coefficient (Wildman–Crippen LogP) is 4.83. The molecule has 154 valence electrons. The van der Waals surface area contributed by atoms with Crippen LogP contribution in [0, 0.1) is 6.92 Å². The highest BCUT2D eigenvalue weighted by atomic mass is 32.1. The minimum atomic E-state index is -0.292. The van der Waals surface area contributed by atoms with E-state index in [0.29, 0.717) is 17.2 Å². The Balaban J connectivity index is 1.42. The number of carbonyl (C=O) groups is 1. The summed E-state index contributed by atoms with van der Waals surface area (Å²) in [5, 5.41) is 3.84. The summed E-state index contributed by atoms with van der Waals surface area (Å²) in [7, 11) is 3.20. The van der Waals surface area contributed by atoms with Gasteiger partial charge in [0.1, 0.15) is 18.2 Å². The average molecular weight is 423 g/mol. The van der Waals surface area contributed by atoms with Gasteiger partial charge in [-0.15, -0.1) is 11.3 Å². The highest BCUT2D eigenvalue weighted by molar-refractivity contribution is 7.13. The second-order valence-corrected chi connectivity index (χ2v) is 7.66. The third-order valence-electron chi connectivity index (χ3n) is 4.87. The second-order valence-electron chi connectivity index (χ2n) is 6.81. The number of nitrogens with zero attached hydrogens (tertiary/aromatic N) is 2. The average Bonchev–Trinajstić information content (AvgIpc) is 3.36. The molecule has 0 unspecified atom stereocenters. The van der Waals surface area contributed by atoms with Crippen molar-refractivity contribution >= 4 is 28.2 Å². The molecule has 0 aliphatic rings. The van der Waals surface area contributed by atoms with Crippen molar-refractivity contribution in [3.63, 3.8) is 0 Å². The first-order chi connectivity index (χ1) is 14.6. The zero-order valence-corrected chi connectivity index (χ0v) is 17.9. The van der Waals surface area contributed by atoms with Crippen molar-refractivity contribution < 1.29 is 19.0 Å². The molecule has 6 nitrogen and oxygen atoms in total. The van der Waals surface area contributed by atoms with Crippen LogP contribution in [0.25, 0.3) is 21.5 Å². The van der Waals surface area contributed by atoms with Crippen LogP contribution < -0.4 is 9.47 Å². The number of fused-ring (bicyclic) bond motifs is 1. The van der Waals surface area contributed by atoms with Crippen LogP contribution in [0.15, 0.2) is 53.9 Å². The fraction of sp³-hybridized carbons (Fsp3) is 0.217. The number of rotatable bonds is 7. The van der Waals surface area contributed by atoms with Crippen molar-refractivity contribution in [2.75, 3.05) is 14.2 Å². The number of ether oxygens (including phenoxy) is 3. The zero-order valence-electron chi connectivity index (χ0n) is 17.0. The first-order valence-corrected chi connectivity index (χ1v) is 10.3. The van der Waals surface area contributed by atoms with Gasteiger partial charge in [-0.3, -0.25) is 4.79 Å². The molecular weight excluding hydrogens is 400 g/mol. The number of hydrogen-bond donors (Lipinski definition) is 0. The standard InChI is InChI=1S/C23H22N2O4S/c1-15-10-16-6-4-5-7-19(16)25(15)12-22(26)29-13-18-14-30-23(24-18)17-8-9-20(27-2)21(11-17)28-3/h4-11,14H,12-13H2,1-3H3. The molecule has 0 saturated heterocycles. The van der Waals surface area contributed by atoms with E-state index in [4.69, 9.17) is 14.2 Å². The van der Waals surface area contributed by atoms with Crippen LogP contribution in [-0.4, -0.2) is 29.7 Å². The Bertz CT molecular complexity index is 1200. The lowest BCUT2D eigenvalue weighted by Gasteiger charge is -2.08. The van der Waals surface area contributed by atoms with Crippen LogP contribution in [-0.2, 0) is 22.7 Å². The van der Waals surface area contributed by atoms with Gasteiger partial charge >= 0.3 is 5.97 Å². The Hall–Kier alpha value is -3.32. The van der Waals surface area contributed by atoms with E-state index in [2.05, 4.69) is 11.1 Å². The Morgan fingerprint density at radius 3 is 2.67 bits per heavy atom. The van der Waals surface area contributed by atoms with Crippen LogP contribution in [0.3, 0.4) is 0 Å². The van der Waals surface area contributed by atoms with E-state index in [1.165, 1.54) is 11.3 Å². The number of aromatic nitrogens is 2. The molecule has 0 atom stereocenters. The van der Waals surface area contributed by atoms with Crippen LogP contribution >= 0.6 is 11.3 Å². The molecule has 2 heterocycles. The number of hydrogen-bond acceptors (Lipinski definition) is 6. The molecule has 4 aromatic rings. The highest BCUT2D eigenvalue weighted by Crippen LogP contribution is 2.33. The van der Waals surface area contributed by atoms with E-state index in [9.17, 15) is 4.79 Å². The molecule has 0 aliphatic heterocycles. The van der Waals surface area contributed by atoms with E-state index in [1.807, 2.05) is 59.3 Å². The molecular formula is C23H22N2O4S. The summed E-state index contributed by atoms with van der Waals surface area (Å²) in [6.45, 7) is 2.30. The van der Waals surface area contributed by atoms with Gasteiger partial charge in [-0.05, 0) is 42.6 Å². The zero-order chi connectivity index (χ0) is 21.1. The number of thiazole rings is 1. The van der Waals surface area contributed by atoms with Crippen molar-refractivity contribution in [3.05, 3.63) is 65.3 Å². The first-order valence-electron chi connectivity index (χ1n) is 9.46. The van der Waals surface area contributed by atoms with Crippen molar-refractivity contribution in [2.45, 2.75) is 20.1 Å². The van der Waals surface area contributed by atoms with Crippen LogP contribution in [0.5, 0.6) is 11.5 Å². The lowest BCUT2D eigenvalue weighted by Crippen LogP contribution is -2.14. The lowest BCUT2D eigenvalue weighted by atomic mass is 10.2. The molecule has 0 radical (unpaired) electrons. The molecule has 0 aliphatic carbocycles. The highest BCUT2D eigenvalue weighted by Gasteiger charge is 2.13. The summed E-state index contributed by atoms with van der Waals surface area (Å²) in [4.78, 5) is 17.0. The monoisotopic (exact) mass is 422 g/mol. The van der Waals surface area contributed by atoms with Crippen LogP contribution in [0.1, 0.15) is 11.4 Å². The fourth-order valence-corrected chi connectivity index (χ4v) is 4.16. The Kier molecular flexibility index (Phi) is 5.72. The van der Waals surface area contributed by atoms with E-state index in [-0.39, 0.29) is 19.1 Å². The number of benzene rings is 2. The van der Waals surface area contributed by atoms with Gasteiger partial charge in [-0.2, -0.15) is 0 Å². The second kappa shape index (κ2) is 8.59. The molecule has 7 heteroatoms. The molecule has 2 aromatic heterocycles. The van der Waals surface area contributed by atoms with Crippen molar-refractivity contribution in [2.24, 2.45) is 0 Å². The van der Waals surface area contributed by atoms with Crippen molar-refractivity contribution in [3.8, 4) is 22.1 Å². The number of carbonyl (C=O) groups excluding carboxylic acids is 1. The van der Waals surface area contributed by atoms with Gasteiger partial charge < -0.3 is 18.8 Å². The number of esters is 1. The Labute approximate surface area is 178 Å². The fourth-order valence-electron chi connectivity index (χ4n) is 3.36. The van der Waals surface area contributed by atoms with E-state index in [1.54, 1.807) is 14.2 Å². The maximum absolute atomic E-state index is 12.4. The normalized spacial score (nSPS) is 10.9. The van der Waals surface area contributed by atoms with E-state index < -0.39 is 0 Å². The summed E-state index contributed by atoms with van der Waals surface area (Å²) in [5.41, 5.74) is 3.69. The van der Waals surface area contributed by atoms with E-state index >= 15 is 0 Å². The molecule has 0 saturated carbocycles. The van der Waals surface area contributed by atoms with Gasteiger partial charge in [0.05, 0.1) is 19.9 Å². The summed E-state index contributed by atoms with van der Waals surface area (Å²) in [5.74, 6) is 1.02. The minimum Gasteiger partial charge on any atom is -0.493 e. The molecule has 0 N–H and O–H groups in total. The maximum atomic E-state index is 12.4. The van der Waals surface area contributed by atoms with Gasteiger partial charge in [0.25, 0.3) is 0 Å². The number of aryl methyl sites for hydroxylation is 1. The SMILES string of the molecule is COc1ccc(-c2nc(COC(=O)Cn3c(C)cc4ccccc43)cs2)cc1OC. The van der Waals surface area contributed by atoms with Gasteiger partial charge in [-0.1, -0.05) is 18.2 Å². The summed E-state index contributed by atoms with van der Waals surface area (Å²) in [6, 6.07) is 15.7. The Morgan fingerprint density at radius 2 is 1.87 bits per heavy atom. The Morgan fingerprint density at radius 1 is 1.07 bits per heavy atom. The summed E-state index contributed by atoms with van der Waals surface area (Å²) >= 11 is 1.49. The maximum Gasteiger partial charge on any atom is 0.326 e. The van der Waals surface area contributed by atoms with Gasteiger partial charge in [0, 0.05) is 22.2 Å². The predicted molar refractivity (Wildman–Crippen MR) is 117 cm³/mol. The third-order valence-corrected chi connectivity index (χ3v) is 5.81. The van der Waals surface area contributed by atoms with Gasteiger partial charge in [-0.25, -0.2) is 4.98 Å². The molecule has 2 aromatic carbocycles. The largest absolute Gasteiger partial charge is 0.493 e. The van der Waals surface area contributed by atoms with Crippen molar-refractivity contribution in [1.29, 1.82) is 0 Å². The molecule has 0 fully saturated rings. The lowest BCUT2D eigenvalue weighted by molar-refractivity contribution is -0.145. The molecule has 4 rings (SSSR count). The van der Waals surface area contributed by atoms with E-state index in [0.717, 1.165) is 27.2 Å². The minimum absolute atomic E-state index is 0.140. The van der Waals surface area contributed by atoms with Crippen molar-refractivity contribution in [1.82, 2.24) is 9.55 Å². The quantitative estimate of drug-likeness (QED) is 0.399. The van der Waals surface area contributed by atoms with Gasteiger partial charge in [0.15, 0.2) is 11.5 Å². The summed E-state index contributed by atoms with van der Waals surface area (Å²) < 4.78 is 18.1. The molecule has 0 bridgehead atoms. The first kappa shape index (κ1) is 20.0. The van der Waals surface area contributed by atoms with Crippen LogP contribution in [0.4, 0.5) is 0 Å². The number of para-hydroxylation sites is 1. The molecule has 0 amide bonds.